The van der Waals surface area contributed by atoms with E-state index in [2.05, 4.69) is 5.16 Å². The van der Waals surface area contributed by atoms with Crippen LogP contribution in [0.2, 0.25) is 0 Å². The van der Waals surface area contributed by atoms with Gasteiger partial charge in [-0.15, -0.1) is 12.4 Å². The first-order valence-electron chi connectivity index (χ1n) is 8.70. The lowest BCUT2D eigenvalue weighted by Crippen LogP contribution is -2.43. The van der Waals surface area contributed by atoms with Gasteiger partial charge in [0.25, 0.3) is 0 Å². The highest BCUT2D eigenvalue weighted by Crippen LogP contribution is 2.19. The van der Waals surface area contributed by atoms with Crippen molar-refractivity contribution in [3.8, 4) is 5.75 Å². The number of carbonyl (C=O) groups is 1. The molecular weight excluding hydrogens is 354 g/mol. The Balaban J connectivity index is 0.00000243. The van der Waals surface area contributed by atoms with E-state index in [1.54, 1.807) is 0 Å². The van der Waals surface area contributed by atoms with Crippen LogP contribution in [0.4, 0.5) is 0 Å². The van der Waals surface area contributed by atoms with Crippen molar-refractivity contribution in [2.45, 2.75) is 45.8 Å². The maximum Gasteiger partial charge on any atom is 0.226 e. The van der Waals surface area contributed by atoms with E-state index >= 15 is 0 Å². The first kappa shape index (κ1) is 20.3. The number of likely N-dealkylation sites (tertiary alicyclic amines) is 1. The molecule has 6 nitrogen and oxygen atoms in total. The molecule has 0 aliphatic carbocycles. The third-order valence-electron chi connectivity index (χ3n) is 4.74. The second-order valence-corrected chi connectivity index (χ2v) is 6.63. The van der Waals surface area contributed by atoms with Gasteiger partial charge in [-0.3, -0.25) is 4.79 Å². The second-order valence-electron chi connectivity index (χ2n) is 6.63. The summed E-state index contributed by atoms with van der Waals surface area (Å²) in [4.78, 5) is 14.3. The van der Waals surface area contributed by atoms with Gasteiger partial charge in [-0.2, -0.15) is 0 Å². The van der Waals surface area contributed by atoms with Crippen molar-refractivity contribution in [3.63, 3.8) is 0 Å². The predicted molar refractivity (Wildman–Crippen MR) is 101 cm³/mol. The highest BCUT2D eigenvalue weighted by atomic mass is 35.5. The summed E-state index contributed by atoms with van der Waals surface area (Å²) >= 11 is 0. The quantitative estimate of drug-likeness (QED) is 0.863. The lowest BCUT2D eigenvalue weighted by Gasteiger charge is -2.30. The minimum absolute atomic E-state index is 0. The highest BCUT2D eigenvalue weighted by Gasteiger charge is 2.20. The Morgan fingerprint density at radius 2 is 1.92 bits per heavy atom. The van der Waals surface area contributed by atoms with Crippen LogP contribution >= 0.6 is 12.4 Å². The second kappa shape index (κ2) is 9.05. The van der Waals surface area contributed by atoms with Crippen LogP contribution in [-0.4, -0.2) is 35.1 Å². The van der Waals surface area contributed by atoms with Crippen LogP contribution in [0.25, 0.3) is 0 Å². The lowest BCUT2D eigenvalue weighted by atomic mass is 10.0. The van der Waals surface area contributed by atoms with Crippen molar-refractivity contribution in [2.75, 3.05) is 13.1 Å². The van der Waals surface area contributed by atoms with Crippen LogP contribution in [0.3, 0.4) is 0 Å². The number of benzene rings is 1. The molecule has 0 unspecified atom stereocenters. The van der Waals surface area contributed by atoms with E-state index in [9.17, 15) is 4.79 Å². The first-order valence-corrected chi connectivity index (χ1v) is 8.70. The Kier molecular flexibility index (Phi) is 7.06. The van der Waals surface area contributed by atoms with Crippen LogP contribution in [0, 0.1) is 13.8 Å². The molecule has 3 rings (SSSR count). The summed E-state index contributed by atoms with van der Waals surface area (Å²) in [6.45, 7) is 5.73. The van der Waals surface area contributed by atoms with E-state index in [1.165, 1.54) is 0 Å². The number of nitrogens with zero attached hydrogens (tertiary/aromatic N) is 2. The van der Waals surface area contributed by atoms with Crippen LogP contribution < -0.4 is 10.5 Å². The van der Waals surface area contributed by atoms with Gasteiger partial charge in [0, 0.05) is 19.1 Å². The lowest BCUT2D eigenvalue weighted by molar-refractivity contribution is -0.131. The molecule has 0 spiro atoms. The summed E-state index contributed by atoms with van der Waals surface area (Å²) in [5.41, 5.74) is 8.70. The molecule has 0 atom stereocenters. The molecule has 1 aliphatic rings. The van der Waals surface area contributed by atoms with Crippen molar-refractivity contribution < 1.29 is 14.1 Å². The number of carbonyl (C=O) groups excluding carboxylic acids is 1. The van der Waals surface area contributed by atoms with Crippen molar-refractivity contribution >= 4 is 18.3 Å². The monoisotopic (exact) mass is 379 g/mol. The maximum absolute atomic E-state index is 12.4. The van der Waals surface area contributed by atoms with Gasteiger partial charge >= 0.3 is 0 Å². The Hall–Kier alpha value is -2.05. The molecule has 1 aromatic carbocycles. The Bertz CT molecular complexity index is 703. The molecule has 2 aromatic rings. The summed E-state index contributed by atoms with van der Waals surface area (Å²) in [7, 11) is 0. The molecule has 0 bridgehead atoms. The fourth-order valence-electron chi connectivity index (χ4n) is 3.00. The minimum atomic E-state index is 0. The van der Waals surface area contributed by atoms with Crippen molar-refractivity contribution in [2.24, 2.45) is 5.73 Å². The number of aromatic nitrogens is 1. The summed E-state index contributed by atoms with van der Waals surface area (Å²) in [5.74, 6) is 1.71. The van der Waals surface area contributed by atoms with E-state index < -0.39 is 0 Å². The van der Waals surface area contributed by atoms with E-state index in [1.807, 2.05) is 43.0 Å². The zero-order valence-electron chi connectivity index (χ0n) is 15.2. The molecule has 0 saturated carbocycles. The zero-order valence-corrected chi connectivity index (χ0v) is 16.1. The molecule has 142 valence electrons. The van der Waals surface area contributed by atoms with E-state index in [-0.39, 0.29) is 24.4 Å². The summed E-state index contributed by atoms with van der Waals surface area (Å²) in [6.07, 6.45) is 2.19. The highest BCUT2D eigenvalue weighted by molar-refractivity contribution is 5.85. The fraction of sp³-hybridized carbons (Fsp3) is 0.474. The average molecular weight is 380 g/mol. The number of ether oxygens (including phenoxy) is 1. The van der Waals surface area contributed by atoms with Crippen LogP contribution in [-0.2, 0) is 17.8 Å². The van der Waals surface area contributed by atoms with E-state index in [4.69, 9.17) is 15.0 Å². The average Bonchev–Trinajstić information content (AvgIpc) is 2.93. The van der Waals surface area contributed by atoms with E-state index in [0.29, 0.717) is 13.0 Å². The molecule has 1 fully saturated rings. The minimum Gasteiger partial charge on any atom is -0.489 e. The Morgan fingerprint density at radius 1 is 1.27 bits per heavy atom. The Labute approximate surface area is 160 Å². The van der Waals surface area contributed by atoms with Crippen LogP contribution in [0.15, 0.2) is 28.8 Å². The number of halogens is 1. The largest absolute Gasteiger partial charge is 0.489 e. The predicted octanol–water partition coefficient (Wildman–Crippen LogP) is 2.78. The number of aryl methyl sites for hydroxylation is 2. The van der Waals surface area contributed by atoms with Gasteiger partial charge in [0.15, 0.2) is 0 Å². The molecule has 0 radical (unpaired) electrons. The van der Waals surface area contributed by atoms with Gasteiger partial charge in [-0.25, -0.2) is 0 Å². The van der Waals surface area contributed by atoms with Crippen LogP contribution in [0.1, 0.15) is 35.4 Å². The summed E-state index contributed by atoms with van der Waals surface area (Å²) < 4.78 is 10.9. The smallest absolute Gasteiger partial charge is 0.226 e. The third-order valence-corrected chi connectivity index (χ3v) is 4.74. The summed E-state index contributed by atoms with van der Waals surface area (Å²) in [6, 6.07) is 7.91. The molecule has 1 aromatic heterocycles. The van der Waals surface area contributed by atoms with Gasteiger partial charge < -0.3 is 19.9 Å². The van der Waals surface area contributed by atoms with Gasteiger partial charge in [0.2, 0.25) is 5.91 Å². The topological polar surface area (TPSA) is 81.6 Å². The maximum atomic E-state index is 12.4. The van der Waals surface area contributed by atoms with Gasteiger partial charge in [-0.1, -0.05) is 17.3 Å². The SMILES string of the molecule is Cc1noc(C)c1COc1ccc(CC(=O)N2CCC(N)CC2)cc1.Cl. The molecule has 2 heterocycles. The van der Waals surface area contributed by atoms with Gasteiger partial charge in [0.1, 0.15) is 18.1 Å². The molecule has 1 amide bonds. The number of piperidine rings is 1. The molecular formula is C19H26ClN3O3. The summed E-state index contributed by atoms with van der Waals surface area (Å²) in [5, 5.41) is 3.92. The van der Waals surface area contributed by atoms with Crippen molar-refractivity contribution in [3.05, 3.63) is 46.8 Å². The number of hydrogen-bond donors (Lipinski definition) is 1. The Morgan fingerprint density at radius 3 is 2.50 bits per heavy atom. The zero-order chi connectivity index (χ0) is 17.8. The number of rotatable bonds is 5. The molecule has 1 saturated heterocycles. The molecule has 2 N–H and O–H groups in total. The normalized spacial score (nSPS) is 14.8. The molecule has 1 aliphatic heterocycles. The van der Waals surface area contributed by atoms with E-state index in [0.717, 1.165) is 54.3 Å². The first-order chi connectivity index (χ1) is 12.0. The fourth-order valence-corrected chi connectivity index (χ4v) is 3.00. The third kappa shape index (κ3) is 4.99. The molecule has 7 heteroatoms. The van der Waals surface area contributed by atoms with Gasteiger partial charge in [0.05, 0.1) is 17.7 Å². The number of hydrogen-bond acceptors (Lipinski definition) is 5. The number of nitrogens with two attached hydrogens (primary N) is 1. The van der Waals surface area contributed by atoms with Gasteiger partial charge in [-0.05, 0) is 44.4 Å². The number of amides is 1. The van der Waals surface area contributed by atoms with Crippen LogP contribution in [0.5, 0.6) is 5.75 Å². The van der Waals surface area contributed by atoms with Crippen molar-refractivity contribution in [1.82, 2.24) is 10.1 Å². The standard InChI is InChI=1S/C19H25N3O3.ClH/c1-13-18(14(2)25-21-13)12-24-17-5-3-15(4-6-17)11-19(23)22-9-7-16(20)8-10-22;/h3-6,16H,7-12,20H2,1-2H3;1H. The van der Waals surface area contributed by atoms with Crippen molar-refractivity contribution in [1.29, 1.82) is 0 Å². The molecule has 26 heavy (non-hydrogen) atoms.